The van der Waals surface area contributed by atoms with Crippen LogP contribution in [-0.2, 0) is 14.8 Å². The molecule has 1 heterocycles. The lowest BCUT2D eigenvalue weighted by atomic mass is 10.1. The summed E-state index contributed by atoms with van der Waals surface area (Å²) in [6, 6.07) is 6.68. The van der Waals surface area contributed by atoms with E-state index in [1.54, 1.807) is 31.4 Å². The van der Waals surface area contributed by atoms with Gasteiger partial charge >= 0.3 is 0 Å². The van der Waals surface area contributed by atoms with Gasteiger partial charge in [0.05, 0.1) is 18.0 Å². The Morgan fingerprint density at radius 3 is 3.00 bits per heavy atom. The van der Waals surface area contributed by atoms with Crippen LogP contribution in [0.15, 0.2) is 29.2 Å². The van der Waals surface area contributed by atoms with Crippen molar-refractivity contribution in [1.29, 1.82) is 0 Å². The summed E-state index contributed by atoms with van der Waals surface area (Å²) < 4.78 is 31.9. The van der Waals surface area contributed by atoms with Crippen molar-refractivity contribution in [3.63, 3.8) is 0 Å². The summed E-state index contributed by atoms with van der Waals surface area (Å²) in [5.74, 6) is 5.86. The lowest BCUT2D eigenvalue weighted by Crippen LogP contribution is -2.29. The second-order valence-electron chi connectivity index (χ2n) is 5.01. The molecule has 1 aromatic rings. The number of ether oxygens (including phenoxy) is 1. The minimum absolute atomic E-state index is 0.252. The lowest BCUT2D eigenvalue weighted by Gasteiger charge is -2.16. The molecule has 1 aliphatic rings. The van der Waals surface area contributed by atoms with Gasteiger partial charge in [-0.15, -0.1) is 0 Å². The molecule has 1 aliphatic heterocycles. The van der Waals surface area contributed by atoms with Crippen molar-refractivity contribution >= 4 is 10.0 Å². The van der Waals surface area contributed by atoms with Gasteiger partial charge < -0.3 is 10.5 Å². The second-order valence-corrected chi connectivity index (χ2v) is 6.94. The van der Waals surface area contributed by atoms with Crippen molar-refractivity contribution < 1.29 is 13.2 Å². The third-order valence-electron chi connectivity index (χ3n) is 3.46. The van der Waals surface area contributed by atoms with Gasteiger partial charge in [0.15, 0.2) is 0 Å². The quantitative estimate of drug-likeness (QED) is 0.829. The molecule has 1 unspecified atom stereocenters. The van der Waals surface area contributed by atoms with Crippen LogP contribution in [0.4, 0.5) is 0 Å². The summed E-state index contributed by atoms with van der Waals surface area (Å²) in [4.78, 5) is 0.282. The molecule has 0 saturated carbocycles. The predicted octanol–water partition coefficient (Wildman–Crippen LogP) is 0.654. The van der Waals surface area contributed by atoms with Crippen LogP contribution in [0.3, 0.4) is 0 Å². The average molecular weight is 308 g/mol. The van der Waals surface area contributed by atoms with E-state index in [2.05, 4.69) is 11.8 Å². The zero-order valence-electron chi connectivity index (χ0n) is 12.1. The van der Waals surface area contributed by atoms with Gasteiger partial charge in [0.25, 0.3) is 0 Å². The molecule has 2 rings (SSSR count). The van der Waals surface area contributed by atoms with E-state index in [-0.39, 0.29) is 17.4 Å². The van der Waals surface area contributed by atoms with Gasteiger partial charge in [-0.1, -0.05) is 17.9 Å². The topological polar surface area (TPSA) is 72.6 Å². The molecule has 1 atom stereocenters. The maximum atomic E-state index is 12.6. The van der Waals surface area contributed by atoms with Crippen LogP contribution < -0.4 is 5.73 Å². The first kappa shape index (κ1) is 16.0. The van der Waals surface area contributed by atoms with Gasteiger partial charge in [-0.3, -0.25) is 0 Å². The standard InChI is InChI=1S/C15H20N2O3S/c1-20-12-14-7-9-17(11-14)21(18,19)15-6-2-4-13(10-15)5-3-8-16/h2,4,6,10,14H,7-9,11-12,16H2,1H3. The van der Waals surface area contributed by atoms with E-state index in [1.807, 2.05) is 0 Å². The molecule has 114 valence electrons. The summed E-state index contributed by atoms with van der Waals surface area (Å²) >= 11 is 0. The Morgan fingerprint density at radius 2 is 2.29 bits per heavy atom. The summed E-state index contributed by atoms with van der Waals surface area (Å²) in [6.45, 7) is 1.89. The predicted molar refractivity (Wildman–Crippen MR) is 81.1 cm³/mol. The zero-order valence-corrected chi connectivity index (χ0v) is 12.9. The molecule has 1 saturated heterocycles. The molecule has 1 aromatic carbocycles. The maximum absolute atomic E-state index is 12.6. The Morgan fingerprint density at radius 1 is 1.48 bits per heavy atom. The van der Waals surface area contributed by atoms with Crippen LogP contribution in [0.5, 0.6) is 0 Å². The third kappa shape index (κ3) is 3.83. The summed E-state index contributed by atoms with van der Waals surface area (Å²) in [5.41, 5.74) is 5.99. The highest BCUT2D eigenvalue weighted by atomic mass is 32.2. The molecule has 0 aliphatic carbocycles. The molecule has 0 aromatic heterocycles. The van der Waals surface area contributed by atoms with E-state index in [9.17, 15) is 8.42 Å². The molecular formula is C15H20N2O3S. The first-order valence-corrected chi connectivity index (χ1v) is 8.30. The molecule has 0 radical (unpaired) electrons. The van der Waals surface area contributed by atoms with E-state index >= 15 is 0 Å². The SMILES string of the molecule is COCC1CCN(S(=O)(=O)c2cccc(C#CCN)c2)C1. The van der Waals surface area contributed by atoms with Crippen molar-refractivity contribution in [3.05, 3.63) is 29.8 Å². The number of methoxy groups -OCH3 is 1. The average Bonchev–Trinajstić information content (AvgIpc) is 2.95. The number of benzene rings is 1. The smallest absolute Gasteiger partial charge is 0.243 e. The van der Waals surface area contributed by atoms with Crippen molar-refractivity contribution in [1.82, 2.24) is 4.31 Å². The zero-order chi connectivity index (χ0) is 15.3. The Bertz CT molecular complexity index is 646. The van der Waals surface area contributed by atoms with Crippen molar-refractivity contribution in [2.24, 2.45) is 11.7 Å². The number of hydrogen-bond acceptors (Lipinski definition) is 4. The van der Waals surface area contributed by atoms with Gasteiger partial charge in [0.1, 0.15) is 0 Å². The summed E-state index contributed by atoms with van der Waals surface area (Å²) in [6.07, 6.45) is 0.833. The summed E-state index contributed by atoms with van der Waals surface area (Å²) in [5, 5.41) is 0. The Labute approximate surface area is 126 Å². The molecule has 2 N–H and O–H groups in total. The van der Waals surface area contributed by atoms with E-state index in [0.29, 0.717) is 25.3 Å². The molecular weight excluding hydrogens is 288 g/mol. The minimum Gasteiger partial charge on any atom is -0.384 e. The van der Waals surface area contributed by atoms with Crippen LogP contribution in [0.2, 0.25) is 0 Å². The number of rotatable bonds is 4. The fourth-order valence-electron chi connectivity index (χ4n) is 2.42. The fraction of sp³-hybridized carbons (Fsp3) is 0.467. The van der Waals surface area contributed by atoms with Crippen molar-refractivity contribution in [3.8, 4) is 11.8 Å². The van der Waals surface area contributed by atoms with Gasteiger partial charge in [-0.05, 0) is 30.5 Å². The molecule has 0 spiro atoms. The van der Waals surface area contributed by atoms with Crippen LogP contribution >= 0.6 is 0 Å². The normalized spacial score (nSPS) is 19.2. The number of nitrogens with two attached hydrogens (primary N) is 1. The molecule has 21 heavy (non-hydrogen) atoms. The molecule has 5 nitrogen and oxygen atoms in total. The highest BCUT2D eigenvalue weighted by Crippen LogP contribution is 2.24. The van der Waals surface area contributed by atoms with Gasteiger partial charge in [-0.2, -0.15) is 4.31 Å². The fourth-order valence-corrected chi connectivity index (χ4v) is 4.00. The highest BCUT2D eigenvalue weighted by molar-refractivity contribution is 7.89. The van der Waals surface area contributed by atoms with E-state index in [0.717, 1.165) is 6.42 Å². The third-order valence-corrected chi connectivity index (χ3v) is 5.32. The van der Waals surface area contributed by atoms with Gasteiger partial charge in [0, 0.05) is 25.8 Å². The number of sulfonamides is 1. The Balaban J connectivity index is 2.20. The highest BCUT2D eigenvalue weighted by Gasteiger charge is 2.32. The summed E-state index contributed by atoms with van der Waals surface area (Å²) in [7, 11) is -1.82. The monoisotopic (exact) mass is 308 g/mol. The first-order chi connectivity index (χ1) is 10.1. The molecule has 0 amide bonds. The van der Waals surface area contributed by atoms with Crippen molar-refractivity contribution in [2.45, 2.75) is 11.3 Å². The minimum atomic E-state index is -3.46. The number of hydrogen-bond donors (Lipinski definition) is 1. The van der Waals surface area contributed by atoms with E-state index < -0.39 is 10.0 Å². The van der Waals surface area contributed by atoms with Crippen LogP contribution in [0.25, 0.3) is 0 Å². The van der Waals surface area contributed by atoms with E-state index in [1.165, 1.54) is 4.31 Å². The Kier molecular flexibility index (Phi) is 5.37. The lowest BCUT2D eigenvalue weighted by molar-refractivity contribution is 0.157. The largest absolute Gasteiger partial charge is 0.384 e. The first-order valence-electron chi connectivity index (χ1n) is 6.86. The van der Waals surface area contributed by atoms with Crippen LogP contribution in [-0.4, -0.2) is 46.1 Å². The molecule has 1 fully saturated rings. The van der Waals surface area contributed by atoms with E-state index in [4.69, 9.17) is 10.5 Å². The van der Waals surface area contributed by atoms with Crippen LogP contribution in [0, 0.1) is 17.8 Å². The second kappa shape index (κ2) is 7.05. The van der Waals surface area contributed by atoms with Gasteiger partial charge in [-0.25, -0.2) is 8.42 Å². The maximum Gasteiger partial charge on any atom is 0.243 e. The molecule has 6 heteroatoms. The number of nitrogens with zero attached hydrogens (tertiary/aromatic N) is 1. The molecule has 0 bridgehead atoms. The van der Waals surface area contributed by atoms with Crippen LogP contribution in [0.1, 0.15) is 12.0 Å². The van der Waals surface area contributed by atoms with Gasteiger partial charge in [0.2, 0.25) is 10.0 Å². The van der Waals surface area contributed by atoms with Crippen molar-refractivity contribution in [2.75, 3.05) is 33.4 Å². The Hall–Kier alpha value is -1.39.